The smallest absolute Gasteiger partial charge is 0.251 e. The molecule has 0 radical (unpaired) electrons. The molecule has 1 aromatic carbocycles. The number of rotatable bonds is 4. The maximum atomic E-state index is 15.1. The predicted molar refractivity (Wildman–Crippen MR) is 119 cm³/mol. The molecule has 0 atom stereocenters. The SMILES string of the molecule is Cn1cc(-c2cccc(F)c2-c2nc3cc(C(=O)NC4CC(C)(O)C4)ccn3c2C#N)c(F)n1. The standard InChI is InChI=1S/C24H20F2N6O2/c1-24(34)9-14(10-24)28-23(33)13-6-7-32-18(11-27)21(29-19(32)8-13)20-15(4-3-5-17(20)25)16-12-31(2)30-22(16)26/h3-8,12,14,34H,9-10H2,1-2H3,(H,28,33). The van der Waals surface area contributed by atoms with Crippen molar-refractivity contribution in [1.82, 2.24) is 24.5 Å². The number of nitrogens with one attached hydrogen (secondary N) is 1. The number of fused-ring (bicyclic) bond motifs is 1. The van der Waals surface area contributed by atoms with Crippen LogP contribution in [0.15, 0.2) is 42.7 Å². The third-order valence-electron chi connectivity index (χ3n) is 6.03. The van der Waals surface area contributed by atoms with E-state index in [1.54, 1.807) is 14.0 Å². The summed E-state index contributed by atoms with van der Waals surface area (Å²) in [6, 6.07) is 9.15. The van der Waals surface area contributed by atoms with Crippen molar-refractivity contribution in [1.29, 1.82) is 5.26 Å². The van der Waals surface area contributed by atoms with Crippen molar-refractivity contribution in [3.63, 3.8) is 0 Å². The molecular weight excluding hydrogens is 442 g/mol. The first kappa shape index (κ1) is 21.7. The maximum Gasteiger partial charge on any atom is 0.251 e. The molecule has 10 heteroatoms. The van der Waals surface area contributed by atoms with Gasteiger partial charge in [-0.3, -0.25) is 13.9 Å². The van der Waals surface area contributed by atoms with E-state index in [1.165, 1.54) is 51.8 Å². The lowest BCUT2D eigenvalue weighted by Gasteiger charge is -2.41. The lowest BCUT2D eigenvalue weighted by atomic mass is 9.77. The molecule has 172 valence electrons. The molecule has 0 saturated heterocycles. The lowest BCUT2D eigenvalue weighted by molar-refractivity contribution is -0.0366. The summed E-state index contributed by atoms with van der Waals surface area (Å²) in [5.74, 6) is -1.78. The molecule has 8 nitrogen and oxygen atoms in total. The number of nitriles is 1. The number of hydrogen-bond donors (Lipinski definition) is 2. The highest BCUT2D eigenvalue weighted by atomic mass is 19.1. The molecule has 3 aromatic heterocycles. The summed E-state index contributed by atoms with van der Waals surface area (Å²) in [5.41, 5.74) is 0.145. The molecule has 34 heavy (non-hydrogen) atoms. The van der Waals surface area contributed by atoms with Crippen LogP contribution in [0.2, 0.25) is 0 Å². The average molecular weight is 462 g/mol. The number of carbonyl (C=O) groups is 1. The zero-order chi connectivity index (χ0) is 24.2. The first-order valence-corrected chi connectivity index (χ1v) is 10.6. The lowest BCUT2D eigenvalue weighted by Crippen LogP contribution is -2.53. The van der Waals surface area contributed by atoms with Gasteiger partial charge >= 0.3 is 0 Å². The fourth-order valence-corrected chi connectivity index (χ4v) is 4.47. The number of aromatic nitrogens is 4. The van der Waals surface area contributed by atoms with Crippen molar-refractivity contribution in [2.75, 3.05) is 0 Å². The molecule has 1 amide bonds. The molecule has 1 saturated carbocycles. The Morgan fingerprint density at radius 3 is 2.71 bits per heavy atom. The van der Waals surface area contributed by atoms with E-state index < -0.39 is 17.4 Å². The number of amides is 1. The van der Waals surface area contributed by atoms with Gasteiger partial charge in [0.05, 0.1) is 11.2 Å². The van der Waals surface area contributed by atoms with Gasteiger partial charge in [0.2, 0.25) is 5.95 Å². The van der Waals surface area contributed by atoms with Gasteiger partial charge in [-0.15, -0.1) is 5.10 Å². The molecule has 3 heterocycles. The van der Waals surface area contributed by atoms with Gasteiger partial charge < -0.3 is 10.4 Å². The normalized spacial score (nSPS) is 19.6. The zero-order valence-corrected chi connectivity index (χ0v) is 18.4. The van der Waals surface area contributed by atoms with E-state index in [4.69, 9.17) is 0 Å². The Bertz CT molecular complexity index is 1490. The van der Waals surface area contributed by atoms with Crippen LogP contribution in [0.1, 0.15) is 35.8 Å². The molecule has 0 unspecified atom stereocenters. The number of imidazole rings is 1. The van der Waals surface area contributed by atoms with Crippen LogP contribution < -0.4 is 5.32 Å². The van der Waals surface area contributed by atoms with Crippen molar-refractivity contribution in [3.05, 3.63) is 65.7 Å². The number of aryl methyl sites for hydroxylation is 1. The fraction of sp³-hybridized carbons (Fsp3) is 0.250. The minimum Gasteiger partial charge on any atom is -0.390 e. The number of pyridine rings is 1. The maximum absolute atomic E-state index is 15.1. The minimum atomic E-state index is -0.773. The highest BCUT2D eigenvalue weighted by molar-refractivity contribution is 5.95. The molecule has 5 rings (SSSR count). The summed E-state index contributed by atoms with van der Waals surface area (Å²) in [7, 11) is 1.55. The Balaban J connectivity index is 1.59. The molecular formula is C24H20F2N6O2. The van der Waals surface area contributed by atoms with Gasteiger partial charge in [-0.2, -0.15) is 9.65 Å². The summed E-state index contributed by atoms with van der Waals surface area (Å²) >= 11 is 0. The third-order valence-corrected chi connectivity index (χ3v) is 6.03. The van der Waals surface area contributed by atoms with Crippen molar-refractivity contribution in [2.24, 2.45) is 7.05 Å². The van der Waals surface area contributed by atoms with E-state index in [2.05, 4.69) is 15.4 Å². The van der Waals surface area contributed by atoms with Gasteiger partial charge in [-0.05, 0) is 38.0 Å². The van der Waals surface area contributed by atoms with E-state index in [0.29, 0.717) is 18.4 Å². The first-order chi connectivity index (χ1) is 16.2. The summed E-state index contributed by atoms with van der Waals surface area (Å²) in [6.07, 6.45) is 3.87. The number of benzene rings is 1. The Morgan fingerprint density at radius 2 is 2.06 bits per heavy atom. The van der Waals surface area contributed by atoms with E-state index >= 15 is 4.39 Å². The second kappa shape index (κ2) is 7.74. The summed E-state index contributed by atoms with van der Waals surface area (Å²) in [6.45, 7) is 1.71. The molecule has 4 aromatic rings. The van der Waals surface area contributed by atoms with E-state index in [0.717, 1.165) is 0 Å². The Hall–Kier alpha value is -4.10. The molecule has 0 aliphatic heterocycles. The topological polar surface area (TPSA) is 108 Å². The first-order valence-electron chi connectivity index (χ1n) is 10.6. The van der Waals surface area contributed by atoms with Gasteiger partial charge in [0.1, 0.15) is 23.2 Å². The highest BCUT2D eigenvalue weighted by Crippen LogP contribution is 2.37. The Kier molecular flexibility index (Phi) is 4.95. The third kappa shape index (κ3) is 3.60. The van der Waals surface area contributed by atoms with Crippen molar-refractivity contribution >= 4 is 11.6 Å². The fourth-order valence-electron chi connectivity index (χ4n) is 4.47. The van der Waals surface area contributed by atoms with Crippen LogP contribution in [-0.2, 0) is 7.05 Å². The van der Waals surface area contributed by atoms with Crippen LogP contribution in [0.25, 0.3) is 28.0 Å². The van der Waals surface area contributed by atoms with Crippen LogP contribution in [0, 0.1) is 23.1 Å². The summed E-state index contributed by atoms with van der Waals surface area (Å²) in [4.78, 5) is 17.1. The van der Waals surface area contributed by atoms with Gasteiger partial charge in [0.25, 0.3) is 5.91 Å². The average Bonchev–Trinajstić information content (AvgIpc) is 3.29. The van der Waals surface area contributed by atoms with Crippen molar-refractivity contribution in [3.8, 4) is 28.5 Å². The van der Waals surface area contributed by atoms with Crippen molar-refractivity contribution < 1.29 is 18.7 Å². The Morgan fingerprint density at radius 1 is 1.29 bits per heavy atom. The molecule has 1 aliphatic rings. The molecule has 0 bridgehead atoms. The second-order valence-electron chi connectivity index (χ2n) is 8.81. The predicted octanol–water partition coefficient (Wildman–Crippen LogP) is 3.19. The molecule has 0 spiro atoms. The van der Waals surface area contributed by atoms with Gasteiger partial charge in [0, 0.05) is 42.2 Å². The van der Waals surface area contributed by atoms with Crippen LogP contribution in [0.4, 0.5) is 8.78 Å². The summed E-state index contributed by atoms with van der Waals surface area (Å²) in [5, 5.41) is 26.3. The van der Waals surface area contributed by atoms with Crippen molar-refractivity contribution in [2.45, 2.75) is 31.4 Å². The number of nitrogens with zero attached hydrogens (tertiary/aromatic N) is 5. The van der Waals surface area contributed by atoms with Gasteiger partial charge in [-0.25, -0.2) is 9.37 Å². The minimum absolute atomic E-state index is 0.0302. The quantitative estimate of drug-likeness (QED) is 0.484. The largest absolute Gasteiger partial charge is 0.390 e. The highest BCUT2D eigenvalue weighted by Gasteiger charge is 2.39. The molecule has 1 fully saturated rings. The monoisotopic (exact) mass is 462 g/mol. The van der Waals surface area contributed by atoms with E-state index in [1.807, 2.05) is 6.07 Å². The van der Waals surface area contributed by atoms with Gasteiger partial charge in [0.15, 0.2) is 5.69 Å². The number of halogens is 2. The number of carbonyl (C=O) groups excluding carboxylic acids is 1. The number of aliphatic hydroxyl groups is 1. The van der Waals surface area contributed by atoms with Crippen LogP contribution in [-0.4, -0.2) is 41.8 Å². The van der Waals surface area contributed by atoms with Gasteiger partial charge in [-0.1, -0.05) is 12.1 Å². The van der Waals surface area contributed by atoms with Crippen LogP contribution in [0.3, 0.4) is 0 Å². The van der Waals surface area contributed by atoms with E-state index in [-0.39, 0.29) is 45.7 Å². The Labute approximate surface area is 193 Å². The van der Waals surface area contributed by atoms with Crippen LogP contribution >= 0.6 is 0 Å². The molecule has 2 N–H and O–H groups in total. The second-order valence-corrected chi connectivity index (χ2v) is 8.81. The van der Waals surface area contributed by atoms with E-state index in [9.17, 15) is 19.6 Å². The van der Waals surface area contributed by atoms with Crippen LogP contribution in [0.5, 0.6) is 0 Å². The summed E-state index contributed by atoms with van der Waals surface area (Å²) < 4.78 is 32.2. The molecule has 1 aliphatic carbocycles. The number of hydrogen-bond acceptors (Lipinski definition) is 5. The zero-order valence-electron chi connectivity index (χ0n) is 18.4.